The van der Waals surface area contributed by atoms with Crippen molar-refractivity contribution in [3.63, 3.8) is 0 Å². The molecule has 0 aromatic rings. The molecule has 1 unspecified atom stereocenters. The van der Waals surface area contributed by atoms with Crippen LogP contribution in [-0.4, -0.2) is 0 Å². The molecule has 0 nitrogen and oxygen atoms in total. The fourth-order valence-corrected chi connectivity index (χ4v) is 2.19. The minimum absolute atomic E-state index is 0. The number of hydrogen-bond acceptors (Lipinski definition) is 0. The second-order valence-electron chi connectivity index (χ2n) is 5.86. The van der Waals surface area contributed by atoms with Gasteiger partial charge in [0.05, 0.1) is 0 Å². The molecule has 0 aliphatic carbocycles. The van der Waals surface area contributed by atoms with Gasteiger partial charge in [-0.15, -0.1) is 6.42 Å². The van der Waals surface area contributed by atoms with E-state index in [1.165, 1.54) is 6.42 Å². The van der Waals surface area contributed by atoms with E-state index in [4.69, 9.17) is 0 Å². The van der Waals surface area contributed by atoms with Gasteiger partial charge in [0, 0.05) is 53.8 Å². The molecule has 0 bridgehead atoms. The van der Waals surface area contributed by atoms with E-state index >= 15 is 0 Å². The normalized spacial score (nSPS) is 17.4. The maximum atomic E-state index is 4.26. The zero-order chi connectivity index (χ0) is 9.99. The van der Waals surface area contributed by atoms with Crippen LogP contribution in [-0.2, 0) is 53.8 Å². The molecule has 1 radical (unpaired) electrons. The third-order valence-electron chi connectivity index (χ3n) is 1.80. The van der Waals surface area contributed by atoms with E-state index in [2.05, 4.69) is 48.5 Å². The van der Waals surface area contributed by atoms with Crippen molar-refractivity contribution in [2.24, 2.45) is 16.7 Å². The fraction of sp³-hybridized carbons (Fsp3) is 0.833. The van der Waals surface area contributed by atoms with Crippen molar-refractivity contribution >= 4 is 0 Å². The van der Waals surface area contributed by atoms with Crippen LogP contribution >= 0.6 is 0 Å². The summed E-state index contributed by atoms with van der Waals surface area (Å²) in [6.45, 7) is 19.5. The maximum absolute atomic E-state index is 4.26. The molecule has 2 heteroatoms. The molecule has 0 spiro atoms. The second-order valence-corrected chi connectivity index (χ2v) is 5.86. The zero-order valence-corrected chi connectivity index (χ0v) is 16.2. The van der Waals surface area contributed by atoms with E-state index < -0.39 is 0 Å². The molecule has 0 N–H and O–H groups in total. The zero-order valence-electron chi connectivity index (χ0n) is 10.4. The molecule has 83 valence electrons. The van der Waals surface area contributed by atoms with E-state index in [0.717, 1.165) is 6.42 Å². The van der Waals surface area contributed by atoms with Crippen LogP contribution in [0.4, 0.5) is 0 Å². The van der Waals surface area contributed by atoms with Gasteiger partial charge in [-0.3, -0.25) is 0 Å². The van der Waals surface area contributed by atoms with Gasteiger partial charge in [-0.05, 0) is 5.41 Å². The molecule has 0 rings (SSSR count). The van der Waals surface area contributed by atoms with E-state index in [-0.39, 0.29) is 59.2 Å². The third-order valence-corrected chi connectivity index (χ3v) is 1.80. The van der Waals surface area contributed by atoms with Crippen LogP contribution in [0.25, 0.3) is 0 Å². The standard InChI is InChI=1S/C12H24.W.Y/c1-10(2)8-12(6,7)9-11(3,4)5;;/h10H,1,6,8-9H2,2-5,7H3;;/q-2;;/t10-,12?;;/m1../s1. The van der Waals surface area contributed by atoms with Crippen LogP contribution in [0.15, 0.2) is 0 Å². The summed E-state index contributed by atoms with van der Waals surface area (Å²) < 4.78 is 0. The molecule has 14 heavy (non-hydrogen) atoms. The van der Waals surface area contributed by atoms with Crippen LogP contribution in [0, 0.1) is 30.6 Å². The van der Waals surface area contributed by atoms with E-state index in [0.29, 0.717) is 11.3 Å². The van der Waals surface area contributed by atoms with Crippen LogP contribution in [0.1, 0.15) is 47.5 Å². The van der Waals surface area contributed by atoms with Crippen molar-refractivity contribution in [1.29, 1.82) is 0 Å². The Bertz CT molecular complexity index is 134. The van der Waals surface area contributed by atoms with Crippen molar-refractivity contribution in [3.8, 4) is 0 Å². The molecule has 0 fully saturated rings. The minimum atomic E-state index is 0. The summed E-state index contributed by atoms with van der Waals surface area (Å²) in [6.07, 6.45) is 2.28. The summed E-state index contributed by atoms with van der Waals surface area (Å²) in [4.78, 5) is 0. The monoisotopic (exact) mass is 441 g/mol. The first-order valence-electron chi connectivity index (χ1n) is 4.81. The Balaban J connectivity index is -0.000000605. The molecular formula is C12H24WY-2. The topological polar surface area (TPSA) is 0 Å². The molecule has 0 aromatic carbocycles. The van der Waals surface area contributed by atoms with Crippen molar-refractivity contribution in [2.75, 3.05) is 0 Å². The smallest absolute Gasteiger partial charge is 0 e. The Morgan fingerprint density at radius 2 is 1.50 bits per heavy atom. The number of rotatable bonds is 3. The summed E-state index contributed by atoms with van der Waals surface area (Å²) in [5, 5.41) is 0. The number of hydrogen-bond donors (Lipinski definition) is 0. The minimum Gasteiger partial charge on any atom is -0.341 e. The third kappa shape index (κ3) is 13.8. The van der Waals surface area contributed by atoms with Crippen molar-refractivity contribution in [3.05, 3.63) is 13.8 Å². The molecule has 0 aliphatic heterocycles. The Labute approximate surface area is 131 Å². The summed E-state index contributed by atoms with van der Waals surface area (Å²) in [7, 11) is 0. The van der Waals surface area contributed by atoms with E-state index in [9.17, 15) is 0 Å². The summed E-state index contributed by atoms with van der Waals surface area (Å²) >= 11 is 0. The molecule has 0 aliphatic rings. The first-order valence-corrected chi connectivity index (χ1v) is 4.81. The Morgan fingerprint density at radius 3 is 1.71 bits per heavy atom. The van der Waals surface area contributed by atoms with Crippen LogP contribution in [0.3, 0.4) is 0 Å². The van der Waals surface area contributed by atoms with Gasteiger partial charge in [-0.2, -0.15) is 11.3 Å². The van der Waals surface area contributed by atoms with Gasteiger partial charge in [0.2, 0.25) is 0 Å². The SMILES string of the molecule is [CH2-][C@H](C)CC([CH2-])(C)CC(C)(C)C.[W].[Y]. The molecule has 0 amide bonds. The van der Waals surface area contributed by atoms with Gasteiger partial charge >= 0.3 is 0 Å². The van der Waals surface area contributed by atoms with Gasteiger partial charge in [0.15, 0.2) is 0 Å². The summed E-state index contributed by atoms with van der Waals surface area (Å²) in [5.74, 6) is 0.509. The van der Waals surface area contributed by atoms with Gasteiger partial charge < -0.3 is 13.8 Å². The average Bonchev–Trinajstić information content (AvgIpc) is 1.48. The van der Waals surface area contributed by atoms with Gasteiger partial charge in [-0.25, -0.2) is 0 Å². The predicted octanol–water partition coefficient (Wildman–Crippen LogP) is 4.12. The van der Waals surface area contributed by atoms with Crippen LogP contribution in [0.5, 0.6) is 0 Å². The Hall–Kier alpha value is 1.79. The van der Waals surface area contributed by atoms with Gasteiger partial charge in [0.25, 0.3) is 0 Å². The predicted molar refractivity (Wildman–Crippen MR) is 56.7 cm³/mol. The maximum Gasteiger partial charge on any atom is 0 e. The summed E-state index contributed by atoms with van der Waals surface area (Å²) in [5.41, 5.74) is 0.574. The Kier molecular flexibility index (Phi) is 12.0. The van der Waals surface area contributed by atoms with Crippen LogP contribution < -0.4 is 0 Å². The van der Waals surface area contributed by atoms with E-state index in [1.807, 2.05) is 0 Å². The Morgan fingerprint density at radius 1 is 1.14 bits per heavy atom. The molecule has 0 aromatic heterocycles. The van der Waals surface area contributed by atoms with E-state index in [1.54, 1.807) is 0 Å². The first-order chi connectivity index (χ1) is 5.12. The second kappa shape index (κ2) is 7.97. The first kappa shape index (κ1) is 21.1. The van der Waals surface area contributed by atoms with Gasteiger partial charge in [-0.1, -0.05) is 41.0 Å². The largest absolute Gasteiger partial charge is 0.341 e. The summed E-state index contributed by atoms with van der Waals surface area (Å²) in [6, 6.07) is 0. The average molecular weight is 441 g/mol. The molecule has 0 saturated carbocycles. The molecular weight excluding hydrogens is 417 g/mol. The quantitative estimate of drug-likeness (QED) is 0.579. The van der Waals surface area contributed by atoms with Gasteiger partial charge in [0.1, 0.15) is 0 Å². The van der Waals surface area contributed by atoms with Crippen molar-refractivity contribution < 1.29 is 53.8 Å². The fourth-order valence-electron chi connectivity index (χ4n) is 2.19. The molecule has 0 heterocycles. The van der Waals surface area contributed by atoms with Crippen LogP contribution in [0.2, 0.25) is 0 Å². The van der Waals surface area contributed by atoms with Crippen molar-refractivity contribution in [2.45, 2.75) is 47.5 Å². The molecule has 2 atom stereocenters. The molecule has 0 saturated heterocycles. The van der Waals surface area contributed by atoms with Crippen molar-refractivity contribution in [1.82, 2.24) is 0 Å².